The van der Waals surface area contributed by atoms with Crippen LogP contribution in [-0.4, -0.2) is 28.1 Å². The summed E-state index contributed by atoms with van der Waals surface area (Å²) in [6.07, 6.45) is -0.729. The molecule has 1 N–H and O–H groups in total. The lowest BCUT2D eigenvalue weighted by Crippen LogP contribution is -2.46. The molecule has 0 saturated heterocycles. The van der Waals surface area contributed by atoms with Gasteiger partial charge in [0.25, 0.3) is 0 Å². The minimum atomic E-state index is -2.70. The first-order valence-electron chi connectivity index (χ1n) is 2.79. The van der Waals surface area contributed by atoms with Gasteiger partial charge in [0.1, 0.15) is 0 Å². The van der Waals surface area contributed by atoms with Gasteiger partial charge in [-0.25, -0.2) is 0 Å². The molecule has 0 saturated carbocycles. The van der Waals surface area contributed by atoms with Gasteiger partial charge in [-0.1, -0.05) is 17.9 Å². The number of aliphatic hydroxyl groups excluding tert-OH is 1. The molecule has 0 heterocycles. The first-order valence-corrected chi connectivity index (χ1v) is 2.79. The van der Waals surface area contributed by atoms with Gasteiger partial charge in [-0.05, 0) is 6.92 Å². The van der Waals surface area contributed by atoms with E-state index in [2.05, 4.69) is 0 Å². The highest BCUT2D eigenvalue weighted by Crippen LogP contribution is 2.25. The van der Waals surface area contributed by atoms with Crippen molar-refractivity contribution in [3.05, 3.63) is 0 Å². The zero-order valence-corrected chi connectivity index (χ0v) is 5.77. The second-order valence-corrected chi connectivity index (χ2v) is 2.16. The predicted molar refractivity (Wildman–Crippen MR) is 28.2 cm³/mol. The summed E-state index contributed by atoms with van der Waals surface area (Å²) in [5.74, 6) is 0. The third-order valence-electron chi connectivity index (χ3n) is 1.31. The molecule has 0 unspecified atom stereocenters. The second-order valence-electron chi connectivity index (χ2n) is 2.16. The van der Waals surface area contributed by atoms with Crippen LogP contribution in [0.1, 0.15) is 13.3 Å². The van der Waals surface area contributed by atoms with E-state index in [1.54, 1.807) is 0 Å². The van der Waals surface area contributed by atoms with Crippen LogP contribution in [0.4, 0.5) is 17.9 Å². The standard InChI is InChI=1S/C4H8F4N2O/c1-4(2-3-11,9(5)6)10(7)8/h11H,2-3H2,1H3. The molecular weight excluding hydrogens is 168 g/mol. The molecule has 7 heteroatoms. The van der Waals surface area contributed by atoms with Crippen LogP contribution in [0.25, 0.3) is 0 Å². The zero-order valence-electron chi connectivity index (χ0n) is 5.77. The summed E-state index contributed by atoms with van der Waals surface area (Å²) in [7, 11) is 0. The van der Waals surface area contributed by atoms with Gasteiger partial charge in [-0.15, -0.1) is 0 Å². The van der Waals surface area contributed by atoms with Crippen LogP contribution in [0.3, 0.4) is 0 Å². The van der Waals surface area contributed by atoms with Gasteiger partial charge in [0.05, 0.1) is 0 Å². The Morgan fingerprint density at radius 3 is 1.64 bits per heavy atom. The normalized spacial score (nSPS) is 13.1. The maximum absolute atomic E-state index is 11.7. The fourth-order valence-electron chi connectivity index (χ4n) is 0.438. The number of aliphatic hydroxyl groups is 1. The lowest BCUT2D eigenvalue weighted by molar-refractivity contribution is -0.368. The highest BCUT2D eigenvalue weighted by atomic mass is 19.4. The molecule has 0 bridgehead atoms. The third-order valence-corrected chi connectivity index (χ3v) is 1.31. The summed E-state index contributed by atoms with van der Waals surface area (Å²) in [5.41, 5.74) is -2.70. The van der Waals surface area contributed by atoms with Crippen molar-refractivity contribution in [1.29, 1.82) is 0 Å². The molecule has 0 amide bonds. The molecule has 0 spiro atoms. The SMILES string of the molecule is CC(CCO)(N(F)F)N(F)F. The molecular formula is C4H8F4N2O. The Balaban J connectivity index is 4.26. The average Bonchev–Trinajstić information content (AvgIpc) is 1.87. The zero-order chi connectivity index (χ0) is 9.07. The van der Waals surface area contributed by atoms with Crippen LogP contribution in [0, 0.1) is 0 Å². The van der Waals surface area contributed by atoms with E-state index in [1.807, 2.05) is 0 Å². The fraction of sp³-hybridized carbons (Fsp3) is 1.00. The monoisotopic (exact) mass is 176 g/mol. The van der Waals surface area contributed by atoms with E-state index >= 15 is 0 Å². The molecule has 0 aromatic rings. The molecule has 3 nitrogen and oxygen atoms in total. The van der Waals surface area contributed by atoms with E-state index in [0.29, 0.717) is 6.92 Å². The van der Waals surface area contributed by atoms with Crippen LogP contribution < -0.4 is 0 Å². The summed E-state index contributed by atoms with van der Waals surface area (Å²) >= 11 is 0. The molecule has 0 aliphatic carbocycles. The smallest absolute Gasteiger partial charge is 0.195 e. The van der Waals surface area contributed by atoms with Gasteiger partial charge in [0.15, 0.2) is 5.66 Å². The van der Waals surface area contributed by atoms with E-state index in [0.717, 1.165) is 0 Å². The largest absolute Gasteiger partial charge is 0.396 e. The maximum Gasteiger partial charge on any atom is 0.195 e. The second kappa shape index (κ2) is 3.84. The minimum Gasteiger partial charge on any atom is -0.396 e. The number of hydrogen-bond acceptors (Lipinski definition) is 3. The van der Waals surface area contributed by atoms with Crippen molar-refractivity contribution >= 4 is 0 Å². The molecule has 0 fully saturated rings. The van der Waals surface area contributed by atoms with Crippen molar-refractivity contribution in [2.75, 3.05) is 6.61 Å². The molecule has 68 valence electrons. The Bertz CT molecular complexity index is 113. The Morgan fingerprint density at radius 1 is 1.18 bits per heavy atom. The van der Waals surface area contributed by atoms with Crippen LogP contribution in [0.2, 0.25) is 0 Å². The first-order chi connectivity index (χ1) is 4.95. The molecule has 0 aromatic carbocycles. The highest BCUT2D eigenvalue weighted by Gasteiger charge is 2.41. The molecule has 0 aliphatic heterocycles. The van der Waals surface area contributed by atoms with Gasteiger partial charge in [-0.3, -0.25) is 0 Å². The van der Waals surface area contributed by atoms with E-state index in [9.17, 15) is 17.9 Å². The van der Waals surface area contributed by atoms with Gasteiger partial charge in [-0.2, -0.15) is 0 Å². The van der Waals surface area contributed by atoms with Gasteiger partial charge in [0.2, 0.25) is 0 Å². The minimum absolute atomic E-state index is 0.614. The number of nitrogens with zero attached hydrogens (tertiary/aromatic N) is 2. The highest BCUT2D eigenvalue weighted by molar-refractivity contribution is 4.69. The lowest BCUT2D eigenvalue weighted by atomic mass is 10.1. The number of halogens is 4. The van der Waals surface area contributed by atoms with Crippen molar-refractivity contribution in [1.82, 2.24) is 10.7 Å². The Morgan fingerprint density at radius 2 is 1.55 bits per heavy atom. The summed E-state index contributed by atoms with van der Waals surface area (Å²) in [4.78, 5) is 0. The van der Waals surface area contributed by atoms with Crippen LogP contribution >= 0.6 is 0 Å². The van der Waals surface area contributed by atoms with Crippen molar-refractivity contribution in [3.8, 4) is 0 Å². The van der Waals surface area contributed by atoms with Crippen LogP contribution in [0.15, 0.2) is 0 Å². The topological polar surface area (TPSA) is 26.7 Å². The Kier molecular flexibility index (Phi) is 3.70. The summed E-state index contributed by atoms with van der Waals surface area (Å²) in [5, 5.41) is 4.91. The third kappa shape index (κ3) is 2.28. The quantitative estimate of drug-likeness (QED) is 0.396. The Labute approximate surface area is 60.6 Å². The van der Waals surface area contributed by atoms with E-state index < -0.39 is 29.4 Å². The Hall–Kier alpha value is -0.400. The molecule has 0 rings (SSSR count). The van der Waals surface area contributed by atoms with E-state index in [4.69, 9.17) is 5.11 Å². The summed E-state index contributed by atoms with van der Waals surface area (Å²) in [6.45, 7) is -0.117. The maximum atomic E-state index is 11.7. The molecule has 0 atom stereocenters. The van der Waals surface area contributed by atoms with E-state index in [1.165, 1.54) is 0 Å². The van der Waals surface area contributed by atoms with Gasteiger partial charge >= 0.3 is 0 Å². The lowest BCUT2D eigenvalue weighted by Gasteiger charge is -2.27. The summed E-state index contributed by atoms with van der Waals surface area (Å²) < 4.78 is 46.9. The van der Waals surface area contributed by atoms with Crippen molar-refractivity contribution < 1.29 is 23.0 Å². The number of hydrogen-bond donors (Lipinski definition) is 1. The predicted octanol–water partition coefficient (Wildman–Crippen LogP) is 1.23. The number of rotatable bonds is 4. The van der Waals surface area contributed by atoms with E-state index in [-0.39, 0.29) is 0 Å². The fourth-order valence-corrected chi connectivity index (χ4v) is 0.438. The van der Waals surface area contributed by atoms with Crippen molar-refractivity contribution in [3.63, 3.8) is 0 Å². The molecule has 11 heavy (non-hydrogen) atoms. The van der Waals surface area contributed by atoms with Crippen molar-refractivity contribution in [2.45, 2.75) is 19.0 Å². The van der Waals surface area contributed by atoms with Crippen LogP contribution in [-0.2, 0) is 0 Å². The van der Waals surface area contributed by atoms with Gasteiger partial charge < -0.3 is 5.11 Å². The first kappa shape index (κ1) is 10.6. The molecule has 0 radical (unpaired) electrons. The molecule has 0 aromatic heterocycles. The molecule has 0 aliphatic rings. The summed E-state index contributed by atoms with van der Waals surface area (Å²) in [6, 6.07) is 0. The average molecular weight is 176 g/mol. The van der Waals surface area contributed by atoms with Crippen molar-refractivity contribution in [2.24, 2.45) is 0 Å². The van der Waals surface area contributed by atoms with Crippen LogP contribution in [0.5, 0.6) is 0 Å². The van der Waals surface area contributed by atoms with Gasteiger partial charge in [0, 0.05) is 23.7 Å².